The van der Waals surface area contributed by atoms with Crippen molar-refractivity contribution in [3.63, 3.8) is 0 Å². The molecular formula is C15H11N3. The van der Waals surface area contributed by atoms with Crippen molar-refractivity contribution >= 4 is 21.9 Å². The Balaban J connectivity index is 2.29. The summed E-state index contributed by atoms with van der Waals surface area (Å²) >= 11 is 0. The van der Waals surface area contributed by atoms with E-state index >= 15 is 0 Å². The number of rotatable bonds is 0. The molecule has 0 atom stereocenters. The van der Waals surface area contributed by atoms with E-state index in [1.54, 1.807) is 0 Å². The van der Waals surface area contributed by atoms with E-state index < -0.39 is 0 Å². The number of aryl methyl sites for hydroxylation is 1. The summed E-state index contributed by atoms with van der Waals surface area (Å²) in [6.45, 7) is 0. The molecule has 86 valence electrons. The van der Waals surface area contributed by atoms with Crippen molar-refractivity contribution in [1.82, 2.24) is 14.5 Å². The van der Waals surface area contributed by atoms with E-state index in [-0.39, 0.29) is 0 Å². The van der Waals surface area contributed by atoms with Crippen LogP contribution in [-0.2, 0) is 7.05 Å². The molecule has 0 saturated heterocycles. The summed E-state index contributed by atoms with van der Waals surface area (Å²) in [6, 6.07) is 16.3. The maximum Gasteiger partial charge on any atom is 0.160 e. The maximum atomic E-state index is 4.74. The van der Waals surface area contributed by atoms with Gasteiger partial charge in [0.05, 0.1) is 16.6 Å². The Labute approximate surface area is 104 Å². The number of hydrogen-bond donors (Lipinski definition) is 0. The summed E-state index contributed by atoms with van der Waals surface area (Å²) in [5, 5.41) is 1.12. The summed E-state index contributed by atoms with van der Waals surface area (Å²) < 4.78 is 2.11. The van der Waals surface area contributed by atoms with Gasteiger partial charge in [-0.3, -0.25) is 0 Å². The molecule has 2 aromatic rings. The standard InChI is InChI=1S/C15H11N3/c1-18-13-9-5-4-8-12(13)16-14-10-6-2-3-7-11(10)17-15(14)18/h2-9H,1H3. The molecule has 0 amide bonds. The van der Waals surface area contributed by atoms with E-state index in [9.17, 15) is 0 Å². The first-order valence-corrected chi connectivity index (χ1v) is 5.94. The Morgan fingerprint density at radius 1 is 0.833 bits per heavy atom. The molecule has 0 unspecified atom stereocenters. The van der Waals surface area contributed by atoms with Gasteiger partial charge >= 0.3 is 0 Å². The van der Waals surface area contributed by atoms with Gasteiger partial charge in [0.1, 0.15) is 5.69 Å². The van der Waals surface area contributed by atoms with Gasteiger partial charge in [0, 0.05) is 12.4 Å². The molecule has 0 aliphatic carbocycles. The van der Waals surface area contributed by atoms with Crippen LogP contribution in [0.4, 0.5) is 0 Å². The van der Waals surface area contributed by atoms with Gasteiger partial charge in [-0.15, -0.1) is 0 Å². The predicted molar refractivity (Wildman–Crippen MR) is 72.6 cm³/mol. The average Bonchev–Trinajstić information content (AvgIpc) is 2.79. The first-order valence-electron chi connectivity index (χ1n) is 5.94. The van der Waals surface area contributed by atoms with Crippen molar-refractivity contribution < 1.29 is 0 Å². The zero-order valence-corrected chi connectivity index (χ0v) is 9.96. The third kappa shape index (κ3) is 1.13. The van der Waals surface area contributed by atoms with E-state index in [1.807, 2.05) is 43.4 Å². The van der Waals surface area contributed by atoms with Crippen LogP contribution in [0.1, 0.15) is 0 Å². The third-order valence-electron chi connectivity index (χ3n) is 3.39. The van der Waals surface area contributed by atoms with Crippen LogP contribution in [0.2, 0.25) is 0 Å². The first kappa shape index (κ1) is 9.59. The number of para-hydroxylation sites is 3. The van der Waals surface area contributed by atoms with Crippen LogP contribution in [-0.4, -0.2) is 14.5 Å². The van der Waals surface area contributed by atoms with Crippen LogP contribution < -0.4 is 0 Å². The number of benzene rings is 2. The second-order valence-corrected chi connectivity index (χ2v) is 4.46. The van der Waals surface area contributed by atoms with Gasteiger partial charge in [0.25, 0.3) is 0 Å². The van der Waals surface area contributed by atoms with Crippen LogP contribution in [0.15, 0.2) is 48.5 Å². The van der Waals surface area contributed by atoms with Gasteiger partial charge < -0.3 is 4.57 Å². The lowest BCUT2D eigenvalue weighted by atomic mass is 10.2. The highest BCUT2D eigenvalue weighted by molar-refractivity contribution is 5.97. The van der Waals surface area contributed by atoms with Crippen molar-refractivity contribution in [2.75, 3.05) is 0 Å². The molecule has 3 heteroatoms. The van der Waals surface area contributed by atoms with Crippen molar-refractivity contribution in [1.29, 1.82) is 0 Å². The van der Waals surface area contributed by atoms with Crippen LogP contribution >= 0.6 is 0 Å². The lowest BCUT2D eigenvalue weighted by Gasteiger charge is -2.09. The molecule has 2 heterocycles. The Bertz CT molecular complexity index is 845. The Kier molecular flexibility index (Phi) is 1.75. The summed E-state index contributed by atoms with van der Waals surface area (Å²) in [4.78, 5) is 9.41. The summed E-state index contributed by atoms with van der Waals surface area (Å²) in [7, 11) is 2.04. The molecule has 0 N–H and O–H groups in total. The Morgan fingerprint density at radius 3 is 2.44 bits per heavy atom. The quantitative estimate of drug-likeness (QED) is 0.467. The van der Waals surface area contributed by atoms with Crippen LogP contribution in [0.5, 0.6) is 0 Å². The fourth-order valence-corrected chi connectivity index (χ4v) is 2.48. The second-order valence-electron chi connectivity index (χ2n) is 4.46. The summed E-state index contributed by atoms with van der Waals surface area (Å²) in [5.41, 5.74) is 4.09. The summed E-state index contributed by atoms with van der Waals surface area (Å²) in [6.07, 6.45) is 0. The fourth-order valence-electron chi connectivity index (χ4n) is 2.48. The van der Waals surface area contributed by atoms with E-state index in [0.29, 0.717) is 0 Å². The Morgan fingerprint density at radius 2 is 1.56 bits per heavy atom. The minimum atomic E-state index is 0.940. The molecule has 3 nitrogen and oxygen atoms in total. The number of hydrogen-bond acceptors (Lipinski definition) is 2. The number of nitrogens with zero attached hydrogens (tertiary/aromatic N) is 3. The molecule has 18 heavy (non-hydrogen) atoms. The van der Waals surface area contributed by atoms with Crippen LogP contribution in [0.3, 0.4) is 0 Å². The largest absolute Gasteiger partial charge is 0.326 e. The molecule has 2 aromatic carbocycles. The summed E-state index contributed by atoms with van der Waals surface area (Å²) in [5.74, 6) is 0.940. The third-order valence-corrected chi connectivity index (χ3v) is 3.39. The molecule has 4 rings (SSSR count). The lowest BCUT2D eigenvalue weighted by molar-refractivity contribution is 0.926. The number of fused-ring (bicyclic) bond motifs is 4. The van der Waals surface area contributed by atoms with Gasteiger partial charge in [-0.2, -0.15) is 0 Å². The molecule has 0 spiro atoms. The molecule has 2 aliphatic rings. The maximum absolute atomic E-state index is 4.74. The SMILES string of the molecule is Cn1c2nc3ccccc3c-2nc2ccccc21. The normalized spacial score (nSPS) is 11.6. The van der Waals surface area contributed by atoms with Gasteiger partial charge in [-0.25, -0.2) is 9.97 Å². The fraction of sp³-hybridized carbons (Fsp3) is 0.0667. The first-order chi connectivity index (χ1) is 8.84. The van der Waals surface area contributed by atoms with Crippen molar-refractivity contribution in [3.8, 4) is 11.5 Å². The molecule has 0 fully saturated rings. The van der Waals surface area contributed by atoms with Crippen molar-refractivity contribution in [2.24, 2.45) is 7.05 Å². The van der Waals surface area contributed by atoms with E-state index in [1.165, 1.54) is 0 Å². The molecule has 0 aromatic heterocycles. The van der Waals surface area contributed by atoms with E-state index in [0.717, 1.165) is 33.5 Å². The topological polar surface area (TPSA) is 30.7 Å². The minimum absolute atomic E-state index is 0.940. The predicted octanol–water partition coefficient (Wildman–Crippen LogP) is 3.23. The van der Waals surface area contributed by atoms with Gasteiger partial charge in [-0.1, -0.05) is 30.3 Å². The van der Waals surface area contributed by atoms with Gasteiger partial charge in [-0.05, 0) is 18.2 Å². The van der Waals surface area contributed by atoms with Crippen LogP contribution in [0, 0.1) is 0 Å². The highest BCUT2D eigenvalue weighted by Crippen LogP contribution is 2.31. The molecule has 0 saturated carbocycles. The van der Waals surface area contributed by atoms with Crippen LogP contribution in [0.25, 0.3) is 33.5 Å². The molecular weight excluding hydrogens is 222 g/mol. The van der Waals surface area contributed by atoms with Gasteiger partial charge in [0.15, 0.2) is 5.82 Å². The lowest BCUT2D eigenvalue weighted by Crippen LogP contribution is -2.01. The van der Waals surface area contributed by atoms with Crippen molar-refractivity contribution in [3.05, 3.63) is 48.5 Å². The molecule has 2 aliphatic heterocycles. The van der Waals surface area contributed by atoms with Gasteiger partial charge in [0.2, 0.25) is 0 Å². The monoisotopic (exact) mass is 233 g/mol. The van der Waals surface area contributed by atoms with E-state index in [2.05, 4.69) is 21.7 Å². The zero-order chi connectivity index (χ0) is 12.1. The van der Waals surface area contributed by atoms with E-state index in [4.69, 9.17) is 4.98 Å². The molecule has 0 bridgehead atoms. The Hall–Kier alpha value is -2.42. The number of aromatic nitrogens is 3. The smallest absolute Gasteiger partial charge is 0.160 e. The average molecular weight is 233 g/mol. The minimum Gasteiger partial charge on any atom is -0.326 e. The van der Waals surface area contributed by atoms with Crippen molar-refractivity contribution in [2.45, 2.75) is 0 Å². The highest BCUT2D eigenvalue weighted by Gasteiger charge is 2.16. The zero-order valence-electron chi connectivity index (χ0n) is 9.96. The second kappa shape index (κ2) is 3.29. The molecule has 0 radical (unpaired) electrons. The highest BCUT2D eigenvalue weighted by atomic mass is 15.1.